The third-order valence-electron chi connectivity index (χ3n) is 4.78. The molecule has 1 aliphatic heterocycles. The van der Waals surface area contributed by atoms with Gasteiger partial charge in [0, 0.05) is 23.4 Å². The second kappa shape index (κ2) is 9.23. The summed E-state index contributed by atoms with van der Waals surface area (Å²) in [6.45, 7) is 1.98. The van der Waals surface area contributed by atoms with Crippen LogP contribution in [0.25, 0.3) is 11.0 Å². The first kappa shape index (κ1) is 20.3. The normalized spacial score (nSPS) is 14.0. The minimum atomic E-state index is -0.243. The standard InChI is InChI=1S/C22H22N2O5S/c1-27-15-6-8-16(9-7-15)30-14-19(25)23-20-17-4-2-3-5-18(17)29-21(20)22(26)24-10-12-28-13-11-24/h2-9H,10-14H2,1H3,(H,23,25). The molecular weight excluding hydrogens is 404 g/mol. The average Bonchev–Trinajstić information content (AvgIpc) is 3.16. The number of rotatable bonds is 6. The Balaban J connectivity index is 1.51. The maximum atomic E-state index is 13.0. The molecule has 1 N–H and O–H groups in total. The van der Waals surface area contributed by atoms with Crippen molar-refractivity contribution in [2.24, 2.45) is 0 Å². The molecule has 1 fully saturated rings. The summed E-state index contributed by atoms with van der Waals surface area (Å²) < 4.78 is 16.3. The van der Waals surface area contributed by atoms with E-state index < -0.39 is 0 Å². The van der Waals surface area contributed by atoms with E-state index in [4.69, 9.17) is 13.9 Å². The van der Waals surface area contributed by atoms with Crippen LogP contribution in [-0.2, 0) is 9.53 Å². The van der Waals surface area contributed by atoms with Gasteiger partial charge in [0.25, 0.3) is 5.91 Å². The number of thioether (sulfide) groups is 1. The second-order valence-electron chi connectivity index (χ2n) is 6.72. The van der Waals surface area contributed by atoms with Crippen molar-refractivity contribution in [3.8, 4) is 5.75 Å². The lowest BCUT2D eigenvalue weighted by Crippen LogP contribution is -2.40. The van der Waals surface area contributed by atoms with Gasteiger partial charge in [0.15, 0.2) is 0 Å². The first-order valence-corrected chi connectivity index (χ1v) is 10.6. The summed E-state index contributed by atoms with van der Waals surface area (Å²) >= 11 is 1.41. The van der Waals surface area contributed by atoms with Gasteiger partial charge in [-0.3, -0.25) is 9.59 Å². The molecule has 7 nitrogen and oxygen atoms in total. The van der Waals surface area contributed by atoms with E-state index in [-0.39, 0.29) is 23.3 Å². The summed E-state index contributed by atoms with van der Waals surface area (Å²) in [6, 6.07) is 14.8. The van der Waals surface area contributed by atoms with Gasteiger partial charge in [-0.25, -0.2) is 0 Å². The molecular formula is C22H22N2O5S. The van der Waals surface area contributed by atoms with Gasteiger partial charge in [-0.15, -0.1) is 11.8 Å². The molecule has 0 atom stereocenters. The van der Waals surface area contributed by atoms with Crippen LogP contribution in [0.15, 0.2) is 57.8 Å². The predicted molar refractivity (Wildman–Crippen MR) is 115 cm³/mol. The highest BCUT2D eigenvalue weighted by atomic mass is 32.2. The molecule has 30 heavy (non-hydrogen) atoms. The maximum Gasteiger partial charge on any atom is 0.291 e. The molecule has 0 bridgehead atoms. The van der Waals surface area contributed by atoms with Gasteiger partial charge in [0.1, 0.15) is 17.0 Å². The third kappa shape index (κ3) is 4.44. The fourth-order valence-electron chi connectivity index (χ4n) is 3.23. The predicted octanol–water partition coefficient (Wildman–Crippen LogP) is 3.64. The van der Waals surface area contributed by atoms with E-state index in [9.17, 15) is 9.59 Å². The van der Waals surface area contributed by atoms with Gasteiger partial charge in [0.05, 0.1) is 26.1 Å². The van der Waals surface area contributed by atoms with E-state index in [0.717, 1.165) is 10.6 Å². The molecule has 0 radical (unpaired) electrons. The summed E-state index contributed by atoms with van der Waals surface area (Å²) in [5, 5.41) is 3.59. The van der Waals surface area contributed by atoms with Crippen LogP contribution in [0.1, 0.15) is 10.6 Å². The number of fused-ring (bicyclic) bond motifs is 1. The van der Waals surface area contributed by atoms with Gasteiger partial charge in [-0.05, 0) is 36.4 Å². The fourth-order valence-corrected chi connectivity index (χ4v) is 3.93. The van der Waals surface area contributed by atoms with E-state index in [1.54, 1.807) is 18.1 Å². The Morgan fingerprint density at radius 1 is 1.10 bits per heavy atom. The molecule has 4 rings (SSSR count). The zero-order valence-corrected chi connectivity index (χ0v) is 17.4. The third-order valence-corrected chi connectivity index (χ3v) is 5.79. The highest BCUT2D eigenvalue weighted by molar-refractivity contribution is 8.00. The van der Waals surface area contributed by atoms with Crippen LogP contribution in [0.3, 0.4) is 0 Å². The molecule has 1 saturated heterocycles. The van der Waals surface area contributed by atoms with Crippen molar-refractivity contribution < 1.29 is 23.5 Å². The number of carbonyl (C=O) groups is 2. The molecule has 0 unspecified atom stereocenters. The molecule has 2 amide bonds. The smallest absolute Gasteiger partial charge is 0.291 e. The zero-order valence-electron chi connectivity index (χ0n) is 16.6. The molecule has 2 aromatic carbocycles. The minimum Gasteiger partial charge on any atom is -0.497 e. The Morgan fingerprint density at radius 3 is 2.57 bits per heavy atom. The summed E-state index contributed by atoms with van der Waals surface area (Å²) in [5.41, 5.74) is 0.981. The summed E-state index contributed by atoms with van der Waals surface area (Å²) in [5.74, 6) is 0.670. The molecule has 0 aliphatic carbocycles. The summed E-state index contributed by atoms with van der Waals surface area (Å²) in [7, 11) is 1.61. The van der Waals surface area contributed by atoms with Crippen LogP contribution in [0.4, 0.5) is 5.69 Å². The second-order valence-corrected chi connectivity index (χ2v) is 7.77. The number of carbonyl (C=O) groups excluding carboxylic acids is 2. The highest BCUT2D eigenvalue weighted by Gasteiger charge is 2.27. The largest absolute Gasteiger partial charge is 0.497 e. The summed E-state index contributed by atoms with van der Waals surface area (Å²) in [6.07, 6.45) is 0. The van der Waals surface area contributed by atoms with Crippen LogP contribution < -0.4 is 10.1 Å². The first-order chi connectivity index (χ1) is 14.7. The van der Waals surface area contributed by atoms with Gasteiger partial charge >= 0.3 is 0 Å². The van der Waals surface area contributed by atoms with Crippen molar-refractivity contribution in [1.29, 1.82) is 0 Å². The molecule has 3 aromatic rings. The number of para-hydroxylation sites is 1. The Kier molecular flexibility index (Phi) is 6.25. The van der Waals surface area contributed by atoms with Crippen LogP contribution in [0.2, 0.25) is 0 Å². The molecule has 156 valence electrons. The van der Waals surface area contributed by atoms with Crippen molar-refractivity contribution in [3.63, 3.8) is 0 Å². The van der Waals surface area contributed by atoms with Crippen molar-refractivity contribution in [3.05, 3.63) is 54.3 Å². The van der Waals surface area contributed by atoms with Gasteiger partial charge in [-0.1, -0.05) is 12.1 Å². The van der Waals surface area contributed by atoms with E-state index in [1.807, 2.05) is 42.5 Å². The topological polar surface area (TPSA) is 81.0 Å². The van der Waals surface area contributed by atoms with Crippen LogP contribution in [-0.4, -0.2) is 55.9 Å². The lowest BCUT2D eigenvalue weighted by Gasteiger charge is -2.26. The number of benzene rings is 2. The number of morpholine rings is 1. The van der Waals surface area contributed by atoms with E-state index in [2.05, 4.69) is 5.32 Å². The molecule has 0 spiro atoms. The van der Waals surface area contributed by atoms with Gasteiger partial charge in [0.2, 0.25) is 11.7 Å². The molecule has 0 saturated carbocycles. The lowest BCUT2D eigenvalue weighted by molar-refractivity contribution is -0.113. The SMILES string of the molecule is COc1ccc(SCC(=O)Nc2c(C(=O)N3CCOCC3)oc3ccccc23)cc1. The monoisotopic (exact) mass is 426 g/mol. The Labute approximate surface area is 178 Å². The van der Waals surface area contributed by atoms with Crippen molar-refractivity contribution in [1.82, 2.24) is 4.90 Å². The zero-order chi connectivity index (χ0) is 20.9. The number of nitrogens with zero attached hydrogens (tertiary/aromatic N) is 1. The first-order valence-electron chi connectivity index (χ1n) is 9.61. The number of methoxy groups -OCH3 is 1. The number of furan rings is 1. The van der Waals surface area contributed by atoms with E-state index in [1.165, 1.54) is 11.8 Å². The number of hydrogen-bond donors (Lipinski definition) is 1. The van der Waals surface area contributed by atoms with E-state index in [0.29, 0.717) is 43.0 Å². The summed E-state index contributed by atoms with van der Waals surface area (Å²) in [4.78, 5) is 28.3. The number of amides is 2. The Bertz CT molecular complexity index is 1040. The Hall–Kier alpha value is -2.97. The fraction of sp³-hybridized carbons (Fsp3) is 0.273. The number of anilines is 1. The molecule has 1 aromatic heterocycles. The molecule has 2 heterocycles. The molecule has 1 aliphatic rings. The van der Waals surface area contributed by atoms with Crippen molar-refractivity contribution >= 4 is 40.2 Å². The quantitative estimate of drug-likeness (QED) is 0.606. The van der Waals surface area contributed by atoms with Crippen LogP contribution >= 0.6 is 11.8 Å². The molecule has 8 heteroatoms. The lowest BCUT2D eigenvalue weighted by atomic mass is 10.2. The van der Waals surface area contributed by atoms with E-state index >= 15 is 0 Å². The number of hydrogen-bond acceptors (Lipinski definition) is 6. The van der Waals surface area contributed by atoms with Crippen LogP contribution in [0, 0.1) is 0 Å². The van der Waals surface area contributed by atoms with Gasteiger partial charge < -0.3 is 24.1 Å². The van der Waals surface area contributed by atoms with Crippen molar-refractivity contribution in [2.45, 2.75) is 4.90 Å². The van der Waals surface area contributed by atoms with Crippen molar-refractivity contribution in [2.75, 3.05) is 44.5 Å². The minimum absolute atomic E-state index is 0.154. The highest BCUT2D eigenvalue weighted by Crippen LogP contribution is 2.32. The maximum absolute atomic E-state index is 13.0. The van der Waals surface area contributed by atoms with Crippen LogP contribution in [0.5, 0.6) is 5.75 Å². The number of nitrogens with one attached hydrogen (secondary N) is 1. The Morgan fingerprint density at radius 2 is 1.83 bits per heavy atom. The average molecular weight is 426 g/mol. The number of ether oxygens (including phenoxy) is 2. The van der Waals surface area contributed by atoms with Gasteiger partial charge in [-0.2, -0.15) is 0 Å².